The van der Waals surface area contributed by atoms with E-state index in [1.807, 2.05) is 24.3 Å². The van der Waals surface area contributed by atoms with E-state index in [9.17, 15) is 18.0 Å². The van der Waals surface area contributed by atoms with E-state index in [1.165, 1.54) is 29.9 Å². The van der Waals surface area contributed by atoms with Crippen molar-refractivity contribution >= 4 is 33.4 Å². The minimum absolute atomic E-state index is 0.227. The van der Waals surface area contributed by atoms with Crippen LogP contribution in [0, 0.1) is 0 Å². The van der Waals surface area contributed by atoms with Crippen LogP contribution in [0.4, 0.5) is 10.5 Å². The molecule has 10 heteroatoms. The van der Waals surface area contributed by atoms with Gasteiger partial charge in [0.2, 0.25) is 15.3 Å². The first kappa shape index (κ1) is 20.3. The van der Waals surface area contributed by atoms with Crippen LogP contribution >= 0.6 is 0 Å². The molecule has 1 aromatic carbocycles. The highest BCUT2D eigenvalue weighted by Crippen LogP contribution is 2.23. The molecule has 0 N–H and O–H groups in total. The van der Waals surface area contributed by atoms with Gasteiger partial charge in [-0.1, -0.05) is 0 Å². The van der Waals surface area contributed by atoms with Gasteiger partial charge in [0.15, 0.2) is 0 Å². The molecule has 3 amide bonds. The fraction of sp³-hybridized carbons (Fsp3) is 0.500. The van der Waals surface area contributed by atoms with Crippen molar-refractivity contribution < 1.29 is 27.3 Å². The third-order valence-corrected chi connectivity index (χ3v) is 7.59. The van der Waals surface area contributed by atoms with E-state index in [1.54, 1.807) is 7.11 Å². The summed E-state index contributed by atoms with van der Waals surface area (Å²) in [7, 11) is 0.460. The summed E-state index contributed by atoms with van der Waals surface area (Å²) in [6.45, 7) is 3.07. The molecule has 28 heavy (non-hydrogen) atoms. The number of anilines is 1. The topological polar surface area (TPSA) is 90.2 Å². The molecule has 0 bridgehead atoms. The largest absolute Gasteiger partial charge is 0.500 e. The van der Waals surface area contributed by atoms with Gasteiger partial charge >= 0.3 is 11.9 Å². The Hall–Kier alpha value is -2.46. The van der Waals surface area contributed by atoms with Gasteiger partial charge in [0.1, 0.15) is 11.5 Å². The minimum Gasteiger partial charge on any atom is -0.497 e. The number of imide groups is 1. The lowest BCUT2D eigenvalue weighted by Crippen LogP contribution is -2.61. The predicted molar refractivity (Wildman–Crippen MR) is 105 cm³/mol. The molecule has 152 valence electrons. The Kier molecular flexibility index (Phi) is 5.44. The number of carbonyl (C=O) groups is 2. The van der Waals surface area contributed by atoms with Crippen molar-refractivity contribution in [3.63, 3.8) is 0 Å². The van der Waals surface area contributed by atoms with Gasteiger partial charge < -0.3 is 9.64 Å². The third-order valence-electron chi connectivity index (χ3n) is 5.37. The molecule has 1 atom stereocenters. The highest BCUT2D eigenvalue weighted by atomic mass is 32.2. The SMILES string of the molecule is COc1ccc(N2CCN(S(=O)(=O)C3C(=O)N(C)C(=O)[N+](C)=C3C)CC2)cc1. The summed E-state index contributed by atoms with van der Waals surface area (Å²) in [4.78, 5) is 27.5. The zero-order valence-electron chi connectivity index (χ0n) is 16.5. The lowest BCUT2D eigenvalue weighted by Gasteiger charge is -2.37. The van der Waals surface area contributed by atoms with E-state index in [-0.39, 0.29) is 18.8 Å². The predicted octanol–water partition coefficient (Wildman–Crippen LogP) is 0.211. The molecule has 3 rings (SSSR count). The van der Waals surface area contributed by atoms with Crippen LogP contribution in [0.15, 0.2) is 24.3 Å². The normalized spacial score (nSPS) is 22.1. The minimum atomic E-state index is -3.92. The van der Waals surface area contributed by atoms with Crippen molar-refractivity contribution in [1.29, 1.82) is 0 Å². The lowest BCUT2D eigenvalue weighted by atomic mass is 10.2. The molecule has 0 aliphatic carbocycles. The zero-order valence-corrected chi connectivity index (χ0v) is 17.3. The van der Waals surface area contributed by atoms with Crippen LogP contribution in [0.25, 0.3) is 0 Å². The number of rotatable bonds is 4. The summed E-state index contributed by atoms with van der Waals surface area (Å²) < 4.78 is 34.1. The van der Waals surface area contributed by atoms with Crippen LogP contribution in [-0.4, -0.2) is 92.5 Å². The van der Waals surface area contributed by atoms with Gasteiger partial charge in [0.25, 0.3) is 0 Å². The van der Waals surface area contributed by atoms with Crippen molar-refractivity contribution in [3.8, 4) is 5.75 Å². The summed E-state index contributed by atoms with van der Waals surface area (Å²) in [5.74, 6) is 0.0488. The maximum atomic E-state index is 13.2. The molecule has 1 fully saturated rings. The summed E-state index contributed by atoms with van der Waals surface area (Å²) in [5.41, 5.74) is 1.21. The Balaban J connectivity index is 1.77. The Morgan fingerprint density at radius 3 is 2.18 bits per heavy atom. The standard InChI is InChI=1S/C18H25N4O5S/c1-13-16(17(23)20(3)18(24)19(13)2)28(25,26)22-11-9-21(10-12-22)14-5-7-15(27-4)8-6-14/h5-8,16H,9-12H2,1-4H3/q+1. The van der Waals surface area contributed by atoms with Crippen LogP contribution < -0.4 is 9.64 Å². The fourth-order valence-electron chi connectivity index (χ4n) is 3.49. The molecule has 0 saturated carbocycles. The van der Waals surface area contributed by atoms with Crippen molar-refractivity contribution in [1.82, 2.24) is 9.21 Å². The second-order valence-electron chi connectivity index (χ2n) is 6.89. The molecule has 2 aliphatic rings. The number of sulfonamides is 1. The van der Waals surface area contributed by atoms with Gasteiger partial charge in [0, 0.05) is 31.9 Å². The molecule has 9 nitrogen and oxygen atoms in total. The Morgan fingerprint density at radius 2 is 1.64 bits per heavy atom. The van der Waals surface area contributed by atoms with Gasteiger partial charge in [0.05, 0.1) is 21.2 Å². The number of methoxy groups -OCH3 is 1. The Morgan fingerprint density at radius 1 is 1.07 bits per heavy atom. The summed E-state index contributed by atoms with van der Waals surface area (Å²) >= 11 is 0. The number of hydrogen-bond acceptors (Lipinski definition) is 6. The van der Waals surface area contributed by atoms with Crippen LogP contribution in [0.3, 0.4) is 0 Å². The van der Waals surface area contributed by atoms with Crippen LogP contribution in [0.5, 0.6) is 5.75 Å². The van der Waals surface area contributed by atoms with Crippen LogP contribution in [0.2, 0.25) is 0 Å². The van der Waals surface area contributed by atoms with E-state index < -0.39 is 27.2 Å². The molecular weight excluding hydrogens is 384 g/mol. The molecule has 0 aromatic heterocycles. The van der Waals surface area contributed by atoms with Crippen LogP contribution in [0.1, 0.15) is 6.92 Å². The maximum Gasteiger partial charge on any atom is 0.500 e. The number of nitrogens with zero attached hydrogens (tertiary/aromatic N) is 4. The smallest absolute Gasteiger partial charge is 0.497 e. The summed E-state index contributed by atoms with van der Waals surface area (Å²) in [6, 6.07) is 7.06. The molecule has 1 aromatic rings. The van der Waals surface area contributed by atoms with Gasteiger partial charge in [-0.15, -0.1) is 0 Å². The fourth-order valence-corrected chi connectivity index (χ4v) is 5.46. The molecule has 0 spiro atoms. The number of benzene rings is 1. The van der Waals surface area contributed by atoms with Crippen molar-refractivity contribution in [2.24, 2.45) is 0 Å². The average Bonchev–Trinajstić information content (AvgIpc) is 2.71. The Labute approximate surface area is 164 Å². The van der Waals surface area contributed by atoms with E-state index in [2.05, 4.69) is 4.90 Å². The maximum absolute atomic E-state index is 13.2. The molecule has 0 radical (unpaired) electrons. The van der Waals surface area contributed by atoms with Gasteiger partial charge in [-0.05, 0) is 31.2 Å². The number of hydrogen-bond donors (Lipinski definition) is 0. The van der Waals surface area contributed by atoms with Crippen molar-refractivity contribution in [2.75, 3.05) is 52.3 Å². The van der Waals surface area contributed by atoms with Crippen molar-refractivity contribution in [3.05, 3.63) is 24.3 Å². The van der Waals surface area contributed by atoms with Crippen molar-refractivity contribution in [2.45, 2.75) is 12.2 Å². The first-order chi connectivity index (χ1) is 13.2. The average molecular weight is 409 g/mol. The lowest BCUT2D eigenvalue weighted by molar-refractivity contribution is -0.405. The summed E-state index contributed by atoms with van der Waals surface area (Å²) in [5, 5.41) is -1.37. The second-order valence-corrected chi connectivity index (χ2v) is 8.91. The number of ether oxygens (including phenoxy) is 1. The van der Waals surface area contributed by atoms with E-state index in [0.29, 0.717) is 13.1 Å². The van der Waals surface area contributed by atoms with Gasteiger partial charge in [-0.25, -0.2) is 13.2 Å². The highest BCUT2D eigenvalue weighted by molar-refractivity contribution is 7.91. The van der Waals surface area contributed by atoms with E-state index >= 15 is 0 Å². The second kappa shape index (κ2) is 7.51. The molecular formula is C18H25N4O5S+. The third kappa shape index (κ3) is 3.37. The monoisotopic (exact) mass is 409 g/mol. The van der Waals surface area contributed by atoms with E-state index in [0.717, 1.165) is 16.3 Å². The number of piperazine rings is 1. The van der Waals surface area contributed by atoms with E-state index in [4.69, 9.17) is 4.74 Å². The highest BCUT2D eigenvalue weighted by Gasteiger charge is 2.52. The molecule has 1 unspecified atom stereocenters. The zero-order chi connectivity index (χ0) is 20.6. The van der Waals surface area contributed by atoms with Crippen LogP contribution in [-0.2, 0) is 14.8 Å². The first-order valence-electron chi connectivity index (χ1n) is 8.95. The quantitative estimate of drug-likeness (QED) is 0.661. The number of amides is 3. The first-order valence-corrected chi connectivity index (χ1v) is 10.5. The summed E-state index contributed by atoms with van der Waals surface area (Å²) in [6.07, 6.45) is 0. The molecule has 2 heterocycles. The number of carbonyl (C=O) groups excluding carboxylic acids is 2. The van der Waals surface area contributed by atoms with Gasteiger partial charge in [-0.2, -0.15) is 18.6 Å². The molecule has 2 aliphatic heterocycles. The Bertz CT molecular complexity index is 918. The molecule has 1 saturated heterocycles. The van der Waals surface area contributed by atoms with Gasteiger partial charge in [-0.3, -0.25) is 0 Å². The number of urea groups is 1.